The third-order valence-corrected chi connectivity index (χ3v) is 1.81. The highest BCUT2D eigenvalue weighted by atomic mass is 19.1. The Morgan fingerprint density at radius 1 is 1.36 bits per heavy atom. The van der Waals surface area contributed by atoms with Crippen molar-refractivity contribution in [1.29, 1.82) is 0 Å². The standard InChI is InChI=1S/C9H11F2NO2/c1-13-9-5-6(10)4-8(11)7(9)2-3-14-12/h4-5H,2-3,12H2,1H3. The Bertz CT molecular complexity index is 318. The molecule has 0 unspecified atom stereocenters. The minimum Gasteiger partial charge on any atom is -0.496 e. The van der Waals surface area contributed by atoms with Gasteiger partial charge in [-0.2, -0.15) is 0 Å². The summed E-state index contributed by atoms with van der Waals surface area (Å²) in [5, 5.41) is 0. The minimum absolute atomic E-state index is 0.152. The molecule has 3 nitrogen and oxygen atoms in total. The molecule has 0 fully saturated rings. The van der Waals surface area contributed by atoms with E-state index in [-0.39, 0.29) is 24.3 Å². The molecule has 0 aliphatic rings. The summed E-state index contributed by atoms with van der Waals surface area (Å²) in [4.78, 5) is 4.31. The Morgan fingerprint density at radius 2 is 2.07 bits per heavy atom. The van der Waals surface area contributed by atoms with Gasteiger partial charge >= 0.3 is 0 Å². The molecule has 0 atom stereocenters. The maximum Gasteiger partial charge on any atom is 0.133 e. The molecule has 0 amide bonds. The highest BCUT2D eigenvalue weighted by Crippen LogP contribution is 2.23. The molecule has 1 aromatic carbocycles. The van der Waals surface area contributed by atoms with Crippen LogP contribution in [0.15, 0.2) is 12.1 Å². The molecule has 5 heteroatoms. The zero-order valence-electron chi connectivity index (χ0n) is 7.72. The number of ether oxygens (including phenoxy) is 1. The van der Waals surface area contributed by atoms with Gasteiger partial charge in [0.05, 0.1) is 13.7 Å². The van der Waals surface area contributed by atoms with Crippen LogP contribution in [0.4, 0.5) is 8.78 Å². The fourth-order valence-corrected chi connectivity index (χ4v) is 1.17. The van der Waals surface area contributed by atoms with Crippen molar-refractivity contribution in [2.24, 2.45) is 5.90 Å². The predicted molar refractivity (Wildman–Crippen MR) is 46.8 cm³/mol. The molecule has 14 heavy (non-hydrogen) atoms. The second kappa shape index (κ2) is 4.88. The first-order valence-corrected chi connectivity index (χ1v) is 4.02. The van der Waals surface area contributed by atoms with Crippen LogP contribution in [0, 0.1) is 11.6 Å². The van der Waals surface area contributed by atoms with E-state index in [1.54, 1.807) is 0 Å². The van der Waals surface area contributed by atoms with E-state index < -0.39 is 11.6 Å². The average molecular weight is 203 g/mol. The molecule has 0 bridgehead atoms. The first-order chi connectivity index (χ1) is 6.69. The van der Waals surface area contributed by atoms with E-state index in [9.17, 15) is 8.78 Å². The molecule has 1 rings (SSSR count). The molecular weight excluding hydrogens is 192 g/mol. The van der Waals surface area contributed by atoms with Gasteiger partial charge in [0, 0.05) is 24.1 Å². The summed E-state index contributed by atoms with van der Waals surface area (Å²) in [6, 6.07) is 1.92. The van der Waals surface area contributed by atoms with E-state index >= 15 is 0 Å². The van der Waals surface area contributed by atoms with E-state index in [4.69, 9.17) is 10.6 Å². The Kier molecular flexibility index (Phi) is 3.79. The van der Waals surface area contributed by atoms with Crippen LogP contribution < -0.4 is 10.6 Å². The second-order valence-electron chi connectivity index (χ2n) is 2.69. The molecule has 0 heterocycles. The second-order valence-corrected chi connectivity index (χ2v) is 2.69. The highest BCUT2D eigenvalue weighted by molar-refractivity contribution is 5.35. The summed E-state index contributed by atoms with van der Waals surface area (Å²) in [6.45, 7) is 0.152. The first kappa shape index (κ1) is 10.9. The van der Waals surface area contributed by atoms with Crippen molar-refractivity contribution < 1.29 is 18.4 Å². The van der Waals surface area contributed by atoms with Gasteiger partial charge in [0.1, 0.15) is 17.4 Å². The van der Waals surface area contributed by atoms with Crippen LogP contribution in [0.2, 0.25) is 0 Å². The van der Waals surface area contributed by atoms with E-state index in [1.807, 2.05) is 0 Å². The van der Waals surface area contributed by atoms with Crippen LogP contribution in [0.3, 0.4) is 0 Å². The lowest BCUT2D eigenvalue weighted by atomic mass is 10.1. The van der Waals surface area contributed by atoms with Crippen molar-refractivity contribution >= 4 is 0 Å². The van der Waals surface area contributed by atoms with Crippen molar-refractivity contribution in [3.05, 3.63) is 29.3 Å². The summed E-state index contributed by atoms with van der Waals surface area (Å²) >= 11 is 0. The Labute approximate surface area is 80.4 Å². The molecule has 0 saturated heterocycles. The minimum atomic E-state index is -0.670. The van der Waals surface area contributed by atoms with Crippen molar-refractivity contribution in [2.75, 3.05) is 13.7 Å². The monoisotopic (exact) mass is 203 g/mol. The SMILES string of the molecule is COc1cc(F)cc(F)c1CCON. The van der Waals surface area contributed by atoms with Gasteiger partial charge in [-0.05, 0) is 0 Å². The van der Waals surface area contributed by atoms with Crippen molar-refractivity contribution in [1.82, 2.24) is 0 Å². The molecule has 0 aliphatic carbocycles. The number of benzene rings is 1. The van der Waals surface area contributed by atoms with Gasteiger partial charge in [0.25, 0.3) is 0 Å². The summed E-state index contributed by atoms with van der Waals surface area (Å²) in [5.41, 5.74) is 0.263. The van der Waals surface area contributed by atoms with Crippen LogP contribution in [0.1, 0.15) is 5.56 Å². The van der Waals surface area contributed by atoms with E-state index in [0.717, 1.165) is 12.1 Å². The normalized spacial score (nSPS) is 10.3. The summed E-state index contributed by atoms with van der Waals surface area (Å²) < 4.78 is 30.8. The zero-order chi connectivity index (χ0) is 10.6. The number of hydrogen-bond acceptors (Lipinski definition) is 3. The van der Waals surface area contributed by atoms with E-state index in [1.165, 1.54) is 7.11 Å². The van der Waals surface area contributed by atoms with Crippen molar-refractivity contribution in [2.45, 2.75) is 6.42 Å². The smallest absolute Gasteiger partial charge is 0.133 e. The molecule has 0 saturated carbocycles. The molecule has 1 aromatic rings. The van der Waals surface area contributed by atoms with Gasteiger partial charge in [-0.1, -0.05) is 0 Å². The predicted octanol–water partition coefficient (Wildman–Crippen LogP) is 1.41. The van der Waals surface area contributed by atoms with Crippen molar-refractivity contribution in [3.8, 4) is 5.75 Å². The van der Waals surface area contributed by atoms with Gasteiger partial charge in [0.2, 0.25) is 0 Å². The number of rotatable bonds is 4. The van der Waals surface area contributed by atoms with E-state index in [0.29, 0.717) is 0 Å². The fourth-order valence-electron chi connectivity index (χ4n) is 1.17. The lowest BCUT2D eigenvalue weighted by Gasteiger charge is -2.08. The average Bonchev–Trinajstić information content (AvgIpc) is 2.15. The Morgan fingerprint density at radius 3 is 2.64 bits per heavy atom. The lowest BCUT2D eigenvalue weighted by molar-refractivity contribution is 0.140. The topological polar surface area (TPSA) is 44.5 Å². The van der Waals surface area contributed by atoms with E-state index in [2.05, 4.69) is 4.84 Å². The third-order valence-electron chi connectivity index (χ3n) is 1.81. The van der Waals surface area contributed by atoms with Crippen LogP contribution >= 0.6 is 0 Å². The third kappa shape index (κ3) is 2.40. The van der Waals surface area contributed by atoms with Gasteiger partial charge in [0.15, 0.2) is 0 Å². The number of halogens is 2. The summed E-state index contributed by atoms with van der Waals surface area (Å²) in [7, 11) is 1.35. The molecule has 0 aromatic heterocycles. The lowest BCUT2D eigenvalue weighted by Crippen LogP contribution is -2.06. The van der Waals surface area contributed by atoms with Crippen molar-refractivity contribution in [3.63, 3.8) is 0 Å². The quantitative estimate of drug-likeness (QED) is 0.752. The van der Waals surface area contributed by atoms with Crippen LogP contribution in [0.25, 0.3) is 0 Å². The maximum absolute atomic E-state index is 13.2. The van der Waals surface area contributed by atoms with Gasteiger partial charge in [-0.15, -0.1) is 0 Å². The Hall–Kier alpha value is -1.20. The van der Waals surface area contributed by atoms with Gasteiger partial charge < -0.3 is 9.57 Å². The fraction of sp³-hybridized carbons (Fsp3) is 0.333. The van der Waals surface area contributed by atoms with Crippen LogP contribution in [-0.4, -0.2) is 13.7 Å². The van der Waals surface area contributed by atoms with Gasteiger partial charge in [-0.3, -0.25) is 0 Å². The molecule has 0 aliphatic heterocycles. The maximum atomic E-state index is 13.2. The number of hydrogen-bond donors (Lipinski definition) is 1. The molecule has 0 radical (unpaired) electrons. The summed E-state index contributed by atoms with van der Waals surface area (Å²) in [6.07, 6.45) is 0.242. The van der Waals surface area contributed by atoms with Crippen LogP contribution in [-0.2, 0) is 11.3 Å². The largest absolute Gasteiger partial charge is 0.496 e. The molecule has 2 N–H and O–H groups in total. The molecule has 78 valence electrons. The highest BCUT2D eigenvalue weighted by Gasteiger charge is 2.11. The zero-order valence-corrected chi connectivity index (χ0v) is 7.72. The summed E-state index contributed by atoms with van der Waals surface area (Å²) in [5.74, 6) is 3.65. The molecule has 0 spiro atoms. The molecular formula is C9H11F2NO2. The first-order valence-electron chi connectivity index (χ1n) is 4.02. The number of nitrogens with two attached hydrogens (primary N) is 1. The van der Waals surface area contributed by atoms with Gasteiger partial charge in [-0.25, -0.2) is 14.7 Å². The van der Waals surface area contributed by atoms with Crippen LogP contribution in [0.5, 0.6) is 5.75 Å². The Balaban J connectivity index is 2.99. The number of methoxy groups -OCH3 is 1.